The molecule has 4 nitrogen and oxygen atoms in total. The molecule has 0 aliphatic rings. The maximum atomic E-state index is 11.9. The minimum absolute atomic E-state index is 0.211. The number of pyridine rings is 1. The van der Waals surface area contributed by atoms with Gasteiger partial charge in [-0.05, 0) is 36.2 Å². The lowest BCUT2D eigenvalue weighted by molar-refractivity contribution is 0.0954. The molecule has 104 valence electrons. The normalized spacial score (nSPS) is 10.1. The van der Waals surface area contributed by atoms with Crippen molar-refractivity contribution in [1.29, 1.82) is 0 Å². The summed E-state index contributed by atoms with van der Waals surface area (Å²) in [6, 6.07) is 11.1. The largest absolute Gasteiger partial charge is 0.497 e. The number of nitrogens with zero attached hydrogens (tertiary/aromatic N) is 1. The van der Waals surface area contributed by atoms with Crippen LogP contribution in [0.5, 0.6) is 5.75 Å². The fraction of sp³-hybridized carbons (Fsp3) is 0.200. The van der Waals surface area contributed by atoms with Gasteiger partial charge in [-0.3, -0.25) is 4.79 Å². The zero-order valence-corrected chi connectivity index (χ0v) is 11.9. The molecule has 0 radical (unpaired) electrons. The van der Waals surface area contributed by atoms with Crippen molar-refractivity contribution in [2.45, 2.75) is 6.42 Å². The van der Waals surface area contributed by atoms with Gasteiger partial charge >= 0.3 is 0 Å². The smallest absolute Gasteiger partial charge is 0.254 e. The monoisotopic (exact) mass is 290 g/mol. The Morgan fingerprint density at radius 1 is 1.30 bits per heavy atom. The Bertz CT molecular complexity index is 585. The molecule has 0 aliphatic carbocycles. The first-order valence-electron chi connectivity index (χ1n) is 6.22. The van der Waals surface area contributed by atoms with Crippen LogP contribution in [0, 0.1) is 0 Å². The second-order valence-corrected chi connectivity index (χ2v) is 4.55. The van der Waals surface area contributed by atoms with Crippen molar-refractivity contribution in [3.8, 4) is 5.75 Å². The number of hydrogen-bond donors (Lipinski definition) is 1. The van der Waals surface area contributed by atoms with Gasteiger partial charge in [-0.25, -0.2) is 4.98 Å². The van der Waals surface area contributed by atoms with Crippen molar-refractivity contribution in [3.05, 3.63) is 58.9 Å². The van der Waals surface area contributed by atoms with Gasteiger partial charge in [0.25, 0.3) is 5.91 Å². The maximum Gasteiger partial charge on any atom is 0.254 e. The highest BCUT2D eigenvalue weighted by molar-refractivity contribution is 6.32. The summed E-state index contributed by atoms with van der Waals surface area (Å²) in [7, 11) is 1.63. The highest BCUT2D eigenvalue weighted by atomic mass is 35.5. The predicted molar refractivity (Wildman–Crippen MR) is 78.3 cm³/mol. The Labute approximate surface area is 122 Å². The fourth-order valence-corrected chi connectivity index (χ4v) is 1.97. The van der Waals surface area contributed by atoms with Crippen molar-refractivity contribution in [3.63, 3.8) is 0 Å². The summed E-state index contributed by atoms with van der Waals surface area (Å²) >= 11 is 5.86. The lowest BCUT2D eigenvalue weighted by Gasteiger charge is -2.07. The van der Waals surface area contributed by atoms with Crippen LogP contribution in [0.2, 0.25) is 5.15 Å². The van der Waals surface area contributed by atoms with E-state index in [1.807, 2.05) is 24.3 Å². The van der Waals surface area contributed by atoms with Gasteiger partial charge in [0.1, 0.15) is 10.9 Å². The van der Waals surface area contributed by atoms with E-state index in [1.165, 1.54) is 0 Å². The Morgan fingerprint density at radius 3 is 2.70 bits per heavy atom. The molecule has 2 aromatic rings. The maximum absolute atomic E-state index is 11.9. The molecule has 0 spiro atoms. The van der Waals surface area contributed by atoms with E-state index in [1.54, 1.807) is 25.4 Å². The van der Waals surface area contributed by atoms with Crippen LogP contribution in [0.15, 0.2) is 42.6 Å². The molecule has 1 amide bonds. The van der Waals surface area contributed by atoms with Gasteiger partial charge in [-0.15, -0.1) is 0 Å². The zero-order valence-electron chi connectivity index (χ0n) is 11.1. The summed E-state index contributed by atoms with van der Waals surface area (Å²) in [5.74, 6) is 0.608. The molecule has 0 aliphatic heterocycles. The number of rotatable bonds is 5. The lowest BCUT2D eigenvalue weighted by Crippen LogP contribution is -2.26. The molecular weight excluding hydrogens is 276 g/mol. The number of carbonyl (C=O) groups is 1. The molecule has 20 heavy (non-hydrogen) atoms. The average molecular weight is 291 g/mol. The van der Waals surface area contributed by atoms with E-state index in [-0.39, 0.29) is 11.1 Å². The van der Waals surface area contributed by atoms with Crippen LogP contribution in [0.3, 0.4) is 0 Å². The summed E-state index contributed by atoms with van der Waals surface area (Å²) in [6.07, 6.45) is 2.30. The quantitative estimate of drug-likeness (QED) is 0.862. The molecule has 0 bridgehead atoms. The summed E-state index contributed by atoms with van der Waals surface area (Å²) in [5.41, 5.74) is 1.52. The summed E-state index contributed by atoms with van der Waals surface area (Å²) in [6.45, 7) is 0.538. The molecule has 0 unspecified atom stereocenters. The van der Waals surface area contributed by atoms with Crippen LogP contribution in [0.1, 0.15) is 15.9 Å². The second kappa shape index (κ2) is 6.91. The number of methoxy groups -OCH3 is 1. The van der Waals surface area contributed by atoms with Gasteiger partial charge in [0.2, 0.25) is 0 Å². The van der Waals surface area contributed by atoms with Crippen molar-refractivity contribution in [2.24, 2.45) is 0 Å². The van der Waals surface area contributed by atoms with E-state index in [0.717, 1.165) is 17.7 Å². The topological polar surface area (TPSA) is 51.2 Å². The SMILES string of the molecule is COc1ccc(CCNC(=O)c2cccnc2Cl)cc1. The minimum atomic E-state index is -0.211. The number of carbonyl (C=O) groups excluding carboxylic acids is 1. The number of ether oxygens (including phenoxy) is 1. The van der Waals surface area contributed by atoms with E-state index in [9.17, 15) is 4.79 Å². The second-order valence-electron chi connectivity index (χ2n) is 4.20. The number of hydrogen-bond acceptors (Lipinski definition) is 3. The molecule has 1 heterocycles. The molecule has 1 N–H and O–H groups in total. The van der Waals surface area contributed by atoms with Gasteiger partial charge in [0.05, 0.1) is 12.7 Å². The third-order valence-electron chi connectivity index (χ3n) is 2.86. The van der Waals surface area contributed by atoms with Crippen LogP contribution >= 0.6 is 11.6 Å². The standard InChI is InChI=1S/C15H15ClN2O2/c1-20-12-6-4-11(5-7-12)8-10-18-15(19)13-3-2-9-17-14(13)16/h2-7,9H,8,10H2,1H3,(H,18,19). The number of benzene rings is 1. The van der Waals surface area contributed by atoms with Crippen LogP contribution < -0.4 is 10.1 Å². The third-order valence-corrected chi connectivity index (χ3v) is 3.16. The van der Waals surface area contributed by atoms with Crippen LogP contribution in [-0.4, -0.2) is 24.5 Å². The van der Waals surface area contributed by atoms with E-state index >= 15 is 0 Å². The van der Waals surface area contributed by atoms with Crippen molar-refractivity contribution >= 4 is 17.5 Å². The summed E-state index contributed by atoms with van der Waals surface area (Å²) < 4.78 is 5.09. The molecular formula is C15H15ClN2O2. The first-order chi connectivity index (χ1) is 9.70. The Hall–Kier alpha value is -2.07. The molecule has 0 saturated carbocycles. The van der Waals surface area contributed by atoms with E-state index in [4.69, 9.17) is 16.3 Å². The number of amides is 1. The van der Waals surface area contributed by atoms with Gasteiger partial charge in [0, 0.05) is 12.7 Å². The lowest BCUT2D eigenvalue weighted by atomic mass is 10.1. The molecule has 0 fully saturated rings. The van der Waals surface area contributed by atoms with Gasteiger partial charge in [-0.2, -0.15) is 0 Å². The van der Waals surface area contributed by atoms with Crippen LogP contribution in [0.4, 0.5) is 0 Å². The van der Waals surface area contributed by atoms with E-state index in [2.05, 4.69) is 10.3 Å². The zero-order chi connectivity index (χ0) is 14.4. The van der Waals surface area contributed by atoms with Gasteiger partial charge in [-0.1, -0.05) is 23.7 Å². The van der Waals surface area contributed by atoms with Crippen LogP contribution in [0.25, 0.3) is 0 Å². The molecule has 0 atom stereocenters. The average Bonchev–Trinajstić information content (AvgIpc) is 2.48. The molecule has 5 heteroatoms. The van der Waals surface area contributed by atoms with E-state index in [0.29, 0.717) is 12.1 Å². The first kappa shape index (κ1) is 14.3. The Morgan fingerprint density at radius 2 is 2.05 bits per heavy atom. The molecule has 0 saturated heterocycles. The fourth-order valence-electron chi connectivity index (χ4n) is 1.76. The van der Waals surface area contributed by atoms with Crippen molar-refractivity contribution < 1.29 is 9.53 Å². The summed E-state index contributed by atoms with van der Waals surface area (Å²) in [5, 5.41) is 3.04. The number of aromatic nitrogens is 1. The molecule has 1 aromatic carbocycles. The summed E-state index contributed by atoms with van der Waals surface area (Å²) in [4.78, 5) is 15.8. The first-order valence-corrected chi connectivity index (χ1v) is 6.60. The Kier molecular flexibility index (Phi) is 4.96. The number of nitrogens with one attached hydrogen (secondary N) is 1. The van der Waals surface area contributed by atoms with Crippen LogP contribution in [-0.2, 0) is 6.42 Å². The minimum Gasteiger partial charge on any atom is -0.497 e. The third kappa shape index (κ3) is 3.71. The molecule has 2 rings (SSSR count). The Balaban J connectivity index is 1.86. The highest BCUT2D eigenvalue weighted by Crippen LogP contribution is 2.12. The van der Waals surface area contributed by atoms with Gasteiger partial charge in [0.15, 0.2) is 0 Å². The highest BCUT2D eigenvalue weighted by Gasteiger charge is 2.09. The number of halogens is 1. The van der Waals surface area contributed by atoms with E-state index < -0.39 is 0 Å². The van der Waals surface area contributed by atoms with Crippen molar-refractivity contribution in [1.82, 2.24) is 10.3 Å². The molecule has 1 aromatic heterocycles. The predicted octanol–water partition coefficient (Wildman–Crippen LogP) is 2.72. The van der Waals surface area contributed by atoms with Crippen molar-refractivity contribution in [2.75, 3.05) is 13.7 Å². The van der Waals surface area contributed by atoms with Gasteiger partial charge < -0.3 is 10.1 Å².